The fourth-order valence-corrected chi connectivity index (χ4v) is 3.00. The third kappa shape index (κ3) is 2.65. The second-order valence-electron chi connectivity index (χ2n) is 5.87. The molecule has 0 fully saturated rings. The molecule has 25 heavy (non-hydrogen) atoms. The van der Waals surface area contributed by atoms with Gasteiger partial charge < -0.3 is 5.73 Å². The van der Waals surface area contributed by atoms with E-state index < -0.39 is 5.91 Å². The second-order valence-corrected chi connectivity index (χ2v) is 5.87. The summed E-state index contributed by atoms with van der Waals surface area (Å²) in [5.74, 6) is -0.455. The van der Waals surface area contributed by atoms with Crippen molar-refractivity contribution in [3.8, 4) is 16.9 Å². The van der Waals surface area contributed by atoms with Crippen LogP contribution in [0.2, 0.25) is 0 Å². The van der Waals surface area contributed by atoms with Crippen LogP contribution in [0.25, 0.3) is 27.8 Å². The van der Waals surface area contributed by atoms with E-state index in [-0.39, 0.29) is 0 Å². The monoisotopic (exact) mass is 328 g/mol. The van der Waals surface area contributed by atoms with Crippen molar-refractivity contribution in [2.75, 3.05) is 0 Å². The lowest BCUT2D eigenvalue weighted by Crippen LogP contribution is -2.13. The molecule has 0 spiro atoms. The SMILES string of the molecule is Cc1cc(-c2ccccc2C(N)=O)n(-c2ccc3ncccc3c2)n1. The van der Waals surface area contributed by atoms with E-state index in [0.717, 1.165) is 33.5 Å². The van der Waals surface area contributed by atoms with E-state index in [1.807, 2.05) is 60.1 Å². The van der Waals surface area contributed by atoms with Crippen LogP contribution in [0.4, 0.5) is 0 Å². The van der Waals surface area contributed by atoms with Gasteiger partial charge in [0.25, 0.3) is 0 Å². The lowest BCUT2D eigenvalue weighted by atomic mass is 10.0. The summed E-state index contributed by atoms with van der Waals surface area (Å²) in [7, 11) is 0. The predicted octanol–water partition coefficient (Wildman–Crippen LogP) is 3.49. The molecule has 0 aliphatic carbocycles. The number of fused-ring (bicyclic) bond motifs is 1. The molecule has 2 heterocycles. The Morgan fingerprint density at radius 2 is 1.88 bits per heavy atom. The minimum absolute atomic E-state index is 0.455. The molecule has 2 N–H and O–H groups in total. The van der Waals surface area contributed by atoms with Crippen molar-refractivity contribution in [2.24, 2.45) is 5.73 Å². The summed E-state index contributed by atoms with van der Waals surface area (Å²) < 4.78 is 1.84. The highest BCUT2D eigenvalue weighted by atomic mass is 16.1. The summed E-state index contributed by atoms with van der Waals surface area (Å²) >= 11 is 0. The van der Waals surface area contributed by atoms with Crippen LogP contribution in [-0.4, -0.2) is 20.7 Å². The Morgan fingerprint density at radius 1 is 1.04 bits per heavy atom. The number of aromatic nitrogens is 3. The topological polar surface area (TPSA) is 73.8 Å². The van der Waals surface area contributed by atoms with Crippen molar-refractivity contribution < 1.29 is 4.79 Å². The maximum Gasteiger partial charge on any atom is 0.249 e. The Morgan fingerprint density at radius 3 is 2.72 bits per heavy atom. The van der Waals surface area contributed by atoms with E-state index >= 15 is 0 Å². The molecule has 2 aromatic heterocycles. The van der Waals surface area contributed by atoms with Crippen LogP contribution in [0.3, 0.4) is 0 Å². The third-order valence-corrected chi connectivity index (χ3v) is 4.13. The molecule has 0 aliphatic rings. The summed E-state index contributed by atoms with van der Waals surface area (Å²) in [5.41, 5.74) is 10.3. The van der Waals surface area contributed by atoms with Crippen molar-refractivity contribution >= 4 is 16.8 Å². The van der Waals surface area contributed by atoms with Crippen LogP contribution in [0.15, 0.2) is 66.9 Å². The molecule has 0 saturated carbocycles. The van der Waals surface area contributed by atoms with Gasteiger partial charge in [-0.3, -0.25) is 9.78 Å². The quantitative estimate of drug-likeness (QED) is 0.625. The van der Waals surface area contributed by atoms with E-state index in [9.17, 15) is 4.79 Å². The van der Waals surface area contributed by atoms with Gasteiger partial charge in [-0.25, -0.2) is 4.68 Å². The number of carbonyl (C=O) groups is 1. The average molecular weight is 328 g/mol. The zero-order valence-corrected chi connectivity index (χ0v) is 13.7. The second kappa shape index (κ2) is 5.87. The summed E-state index contributed by atoms with van der Waals surface area (Å²) in [6.45, 7) is 1.93. The Hall–Kier alpha value is -3.47. The minimum atomic E-state index is -0.455. The summed E-state index contributed by atoms with van der Waals surface area (Å²) in [6, 6.07) is 19.1. The van der Waals surface area contributed by atoms with Crippen LogP contribution in [0, 0.1) is 6.92 Å². The number of benzene rings is 2. The molecule has 0 atom stereocenters. The van der Waals surface area contributed by atoms with Crippen molar-refractivity contribution in [2.45, 2.75) is 6.92 Å². The van der Waals surface area contributed by atoms with Gasteiger partial charge in [0, 0.05) is 22.7 Å². The molecular weight excluding hydrogens is 312 g/mol. The average Bonchev–Trinajstić information content (AvgIpc) is 3.03. The molecular formula is C20H16N4O. The van der Waals surface area contributed by atoms with Gasteiger partial charge in [0.2, 0.25) is 5.91 Å². The number of primary amides is 1. The molecule has 0 unspecified atom stereocenters. The van der Waals surface area contributed by atoms with Crippen LogP contribution in [-0.2, 0) is 0 Å². The van der Waals surface area contributed by atoms with E-state index in [1.165, 1.54) is 0 Å². The molecule has 0 aliphatic heterocycles. The number of hydrogen-bond donors (Lipinski definition) is 1. The zero-order chi connectivity index (χ0) is 17.4. The first-order chi connectivity index (χ1) is 12.1. The highest BCUT2D eigenvalue weighted by molar-refractivity contribution is 5.99. The van der Waals surface area contributed by atoms with Crippen LogP contribution in [0.1, 0.15) is 16.1 Å². The Labute approximate surface area is 144 Å². The van der Waals surface area contributed by atoms with Gasteiger partial charge in [-0.05, 0) is 43.3 Å². The van der Waals surface area contributed by atoms with Crippen LogP contribution < -0.4 is 5.73 Å². The summed E-state index contributed by atoms with van der Waals surface area (Å²) in [4.78, 5) is 16.2. The molecule has 122 valence electrons. The first-order valence-corrected chi connectivity index (χ1v) is 7.94. The maximum atomic E-state index is 11.8. The molecule has 5 heteroatoms. The van der Waals surface area contributed by atoms with Crippen molar-refractivity contribution in [1.82, 2.24) is 14.8 Å². The van der Waals surface area contributed by atoms with Gasteiger partial charge in [-0.15, -0.1) is 0 Å². The fourth-order valence-electron chi connectivity index (χ4n) is 3.00. The van der Waals surface area contributed by atoms with Crippen molar-refractivity contribution in [3.63, 3.8) is 0 Å². The van der Waals surface area contributed by atoms with Crippen molar-refractivity contribution in [3.05, 3.63) is 78.1 Å². The summed E-state index contributed by atoms with van der Waals surface area (Å²) in [6.07, 6.45) is 1.77. The predicted molar refractivity (Wildman–Crippen MR) is 97.6 cm³/mol. The third-order valence-electron chi connectivity index (χ3n) is 4.13. The van der Waals surface area contributed by atoms with Gasteiger partial charge >= 0.3 is 0 Å². The van der Waals surface area contributed by atoms with E-state index in [4.69, 9.17) is 5.73 Å². The molecule has 5 nitrogen and oxygen atoms in total. The maximum absolute atomic E-state index is 11.8. The van der Waals surface area contributed by atoms with Gasteiger partial charge in [-0.2, -0.15) is 5.10 Å². The standard InChI is InChI=1S/C20H16N4O/c1-13-11-19(16-6-2-3-7-17(16)20(21)25)24(23-13)15-8-9-18-14(12-15)5-4-10-22-18/h2-12H,1H3,(H2,21,25). The normalized spacial score (nSPS) is 10.9. The number of nitrogens with zero attached hydrogens (tertiary/aromatic N) is 3. The van der Waals surface area contributed by atoms with Crippen LogP contribution >= 0.6 is 0 Å². The van der Waals surface area contributed by atoms with Gasteiger partial charge in [0.15, 0.2) is 0 Å². The number of hydrogen-bond acceptors (Lipinski definition) is 3. The number of aryl methyl sites for hydroxylation is 1. The van der Waals surface area contributed by atoms with Crippen molar-refractivity contribution in [1.29, 1.82) is 0 Å². The highest BCUT2D eigenvalue weighted by Crippen LogP contribution is 2.28. The smallest absolute Gasteiger partial charge is 0.249 e. The first-order valence-electron chi connectivity index (χ1n) is 7.94. The van der Waals surface area contributed by atoms with E-state index in [0.29, 0.717) is 5.56 Å². The molecule has 1 amide bonds. The number of amides is 1. The van der Waals surface area contributed by atoms with Crippen LogP contribution in [0.5, 0.6) is 0 Å². The molecule has 4 rings (SSSR count). The van der Waals surface area contributed by atoms with Gasteiger partial charge in [0.05, 0.1) is 22.6 Å². The zero-order valence-electron chi connectivity index (χ0n) is 13.7. The largest absolute Gasteiger partial charge is 0.366 e. The molecule has 0 saturated heterocycles. The van der Waals surface area contributed by atoms with Gasteiger partial charge in [0.1, 0.15) is 0 Å². The highest BCUT2D eigenvalue weighted by Gasteiger charge is 2.16. The Kier molecular flexibility index (Phi) is 3.54. The number of nitrogens with two attached hydrogens (primary N) is 1. The number of carbonyl (C=O) groups excluding carboxylic acids is 1. The molecule has 0 radical (unpaired) electrons. The van der Waals surface area contributed by atoms with E-state index in [2.05, 4.69) is 10.1 Å². The summed E-state index contributed by atoms with van der Waals surface area (Å²) in [5, 5.41) is 5.64. The first kappa shape index (κ1) is 15.1. The minimum Gasteiger partial charge on any atom is -0.366 e. The lowest BCUT2D eigenvalue weighted by molar-refractivity contribution is 0.100. The number of pyridine rings is 1. The van der Waals surface area contributed by atoms with Gasteiger partial charge in [-0.1, -0.05) is 24.3 Å². The molecule has 0 bridgehead atoms. The van der Waals surface area contributed by atoms with E-state index in [1.54, 1.807) is 18.3 Å². The molecule has 4 aromatic rings. The lowest BCUT2D eigenvalue weighted by Gasteiger charge is -2.11. The molecule has 2 aromatic carbocycles. The Bertz CT molecular complexity index is 1100. The fraction of sp³-hybridized carbons (Fsp3) is 0.0500. The number of rotatable bonds is 3. The Balaban J connectivity index is 1.94.